The summed E-state index contributed by atoms with van der Waals surface area (Å²) >= 11 is 1.27. The second-order valence-electron chi connectivity index (χ2n) is 2.74. The van der Waals surface area contributed by atoms with E-state index in [1.54, 1.807) is 36.7 Å². The average molecular weight is 234 g/mol. The molecule has 1 aromatic carbocycles. The van der Waals surface area contributed by atoms with Crippen LogP contribution in [0.2, 0.25) is 0 Å². The number of benzene rings is 1. The number of nitrogens with two attached hydrogens (primary N) is 1. The Kier molecular flexibility index (Phi) is 4.36. The number of hydrogen-bond donors (Lipinski definition) is 2. The second-order valence-corrected chi connectivity index (χ2v) is 3.53. The summed E-state index contributed by atoms with van der Waals surface area (Å²) in [6.07, 6.45) is 3.54. The average Bonchev–Trinajstić information content (AvgIpc) is 2.29. The molecule has 0 fully saturated rings. The lowest BCUT2D eigenvalue weighted by atomic mass is 10.2. The minimum absolute atomic E-state index is 0.328. The molecule has 0 saturated heterocycles. The van der Waals surface area contributed by atoms with Crippen molar-refractivity contribution in [2.24, 2.45) is 10.7 Å². The summed E-state index contributed by atoms with van der Waals surface area (Å²) in [5.74, 6) is -0.545. The van der Waals surface area contributed by atoms with Gasteiger partial charge in [0.15, 0.2) is 11.4 Å². The van der Waals surface area contributed by atoms with Gasteiger partial charge >= 0.3 is 0 Å². The third-order valence-corrected chi connectivity index (χ3v) is 2.33. The predicted molar refractivity (Wildman–Crippen MR) is 64.3 cm³/mol. The predicted octanol–water partition coefficient (Wildman–Crippen LogP) is 1.21. The van der Waals surface area contributed by atoms with Crippen LogP contribution in [0.4, 0.5) is 5.69 Å². The van der Waals surface area contributed by atoms with Crippen molar-refractivity contribution in [3.05, 3.63) is 29.8 Å². The molecule has 0 aliphatic rings. The van der Waals surface area contributed by atoms with Gasteiger partial charge in [0.05, 0.1) is 11.3 Å². The molecule has 6 heteroatoms. The molecular formula is C10H10N4OS. The number of rotatable bonds is 2. The van der Waals surface area contributed by atoms with Crippen LogP contribution in [-0.4, -0.2) is 17.3 Å². The largest absolute Gasteiger partial charge is 0.366 e. The summed E-state index contributed by atoms with van der Waals surface area (Å²) in [5.41, 5.74) is 5.98. The summed E-state index contributed by atoms with van der Waals surface area (Å²) in [6, 6.07) is 6.70. The van der Waals surface area contributed by atoms with E-state index < -0.39 is 5.91 Å². The van der Waals surface area contributed by atoms with E-state index in [0.717, 1.165) is 0 Å². The van der Waals surface area contributed by atoms with Gasteiger partial charge in [0.2, 0.25) is 0 Å². The van der Waals surface area contributed by atoms with Crippen molar-refractivity contribution < 1.29 is 4.79 Å². The second kappa shape index (κ2) is 5.78. The Morgan fingerprint density at radius 1 is 1.56 bits per heavy atom. The summed E-state index contributed by atoms with van der Waals surface area (Å²) in [5, 5.41) is 11.3. The Morgan fingerprint density at radius 3 is 2.81 bits per heavy atom. The highest BCUT2D eigenvalue weighted by Gasteiger charge is 2.07. The van der Waals surface area contributed by atoms with E-state index in [0.29, 0.717) is 16.4 Å². The number of hydrogen-bond acceptors (Lipinski definition) is 4. The lowest BCUT2D eigenvalue weighted by Crippen LogP contribution is -2.14. The molecule has 0 aliphatic carbocycles. The Morgan fingerprint density at radius 2 is 2.25 bits per heavy atom. The van der Waals surface area contributed by atoms with Gasteiger partial charge in [-0.1, -0.05) is 23.9 Å². The molecule has 3 N–H and O–H groups in total. The van der Waals surface area contributed by atoms with Crippen molar-refractivity contribution in [3.63, 3.8) is 0 Å². The monoisotopic (exact) mass is 234 g/mol. The molecule has 5 nitrogen and oxygen atoms in total. The fourth-order valence-electron chi connectivity index (χ4n) is 1.06. The van der Waals surface area contributed by atoms with Gasteiger partial charge in [-0.2, -0.15) is 5.26 Å². The van der Waals surface area contributed by atoms with E-state index >= 15 is 0 Å². The zero-order valence-electron chi connectivity index (χ0n) is 8.60. The zero-order valence-corrected chi connectivity index (χ0v) is 9.41. The first-order chi connectivity index (χ1) is 7.69. The number of carbonyl (C=O) groups excluding carboxylic acids is 1. The number of amidine groups is 1. The summed E-state index contributed by atoms with van der Waals surface area (Å²) in [4.78, 5) is 15.2. The molecule has 0 atom stereocenters. The molecule has 0 radical (unpaired) electrons. The van der Waals surface area contributed by atoms with Gasteiger partial charge in [0.25, 0.3) is 5.91 Å². The number of primary amides is 1. The van der Waals surface area contributed by atoms with Gasteiger partial charge in [-0.3, -0.25) is 10.1 Å². The van der Waals surface area contributed by atoms with Crippen LogP contribution in [0.25, 0.3) is 0 Å². The molecule has 0 aliphatic heterocycles. The Hall–Kier alpha value is -2.00. The lowest BCUT2D eigenvalue weighted by Gasteiger charge is -2.03. The number of aliphatic imine (C=N–C) groups is 1. The van der Waals surface area contributed by atoms with Crippen LogP contribution in [0.3, 0.4) is 0 Å². The van der Waals surface area contributed by atoms with Gasteiger partial charge in [0.1, 0.15) is 0 Å². The number of nitrogens with one attached hydrogen (secondary N) is 1. The standard InChI is InChI=1S/C10H10N4OS/c1-16-10(13-6-11)14-8-5-3-2-4-7(8)9(12)15/h2-5H,1H3,(H2,12,15)(H,13,14). The van der Waals surface area contributed by atoms with E-state index in [2.05, 4.69) is 10.3 Å². The molecule has 0 spiro atoms. The van der Waals surface area contributed by atoms with Crippen molar-refractivity contribution in [1.82, 2.24) is 5.32 Å². The molecule has 82 valence electrons. The molecule has 16 heavy (non-hydrogen) atoms. The highest BCUT2D eigenvalue weighted by molar-refractivity contribution is 8.13. The maximum atomic E-state index is 11.1. The first-order valence-electron chi connectivity index (χ1n) is 4.35. The molecule has 1 aromatic rings. The maximum Gasteiger partial charge on any atom is 0.250 e. The topological polar surface area (TPSA) is 91.3 Å². The van der Waals surface area contributed by atoms with Gasteiger partial charge in [-0.25, -0.2) is 4.99 Å². The van der Waals surface area contributed by atoms with Crippen LogP contribution >= 0.6 is 11.8 Å². The quantitative estimate of drug-likeness (QED) is 0.348. The molecule has 0 unspecified atom stereocenters. The first kappa shape index (κ1) is 12.1. The number of thioether (sulfide) groups is 1. The van der Waals surface area contributed by atoms with E-state index in [9.17, 15) is 4.79 Å². The molecule has 0 heterocycles. The molecule has 1 amide bonds. The smallest absolute Gasteiger partial charge is 0.250 e. The molecule has 0 saturated carbocycles. The number of amides is 1. The Labute approximate surface area is 97.4 Å². The van der Waals surface area contributed by atoms with Crippen LogP contribution in [0, 0.1) is 11.5 Å². The van der Waals surface area contributed by atoms with Gasteiger partial charge in [-0.15, -0.1) is 0 Å². The fourth-order valence-corrected chi connectivity index (χ4v) is 1.40. The van der Waals surface area contributed by atoms with E-state index in [-0.39, 0.29) is 0 Å². The molecule has 0 bridgehead atoms. The van der Waals surface area contributed by atoms with Crippen LogP contribution in [0.15, 0.2) is 29.3 Å². The normalized spacial score (nSPS) is 10.6. The van der Waals surface area contributed by atoms with Crippen LogP contribution in [-0.2, 0) is 0 Å². The summed E-state index contributed by atoms with van der Waals surface area (Å²) in [7, 11) is 0. The number of nitriles is 1. The Bertz CT molecular complexity index is 464. The van der Waals surface area contributed by atoms with E-state index in [4.69, 9.17) is 11.0 Å². The van der Waals surface area contributed by atoms with Crippen LogP contribution in [0.5, 0.6) is 0 Å². The lowest BCUT2D eigenvalue weighted by molar-refractivity contribution is 0.100. The fraction of sp³-hybridized carbons (Fsp3) is 0.100. The van der Waals surface area contributed by atoms with Crippen LogP contribution in [0.1, 0.15) is 10.4 Å². The van der Waals surface area contributed by atoms with E-state index in [1.807, 2.05) is 0 Å². The van der Waals surface area contributed by atoms with Gasteiger partial charge in [-0.05, 0) is 18.4 Å². The number of carbonyl (C=O) groups is 1. The number of nitrogens with zero attached hydrogens (tertiary/aromatic N) is 2. The van der Waals surface area contributed by atoms with Gasteiger partial charge in [0, 0.05) is 0 Å². The molecule has 1 rings (SSSR count). The highest BCUT2D eigenvalue weighted by Crippen LogP contribution is 2.19. The van der Waals surface area contributed by atoms with Crippen molar-refractivity contribution in [2.45, 2.75) is 0 Å². The zero-order chi connectivity index (χ0) is 12.0. The minimum Gasteiger partial charge on any atom is -0.366 e. The van der Waals surface area contributed by atoms with Crippen molar-refractivity contribution >= 4 is 28.5 Å². The minimum atomic E-state index is -0.545. The van der Waals surface area contributed by atoms with Gasteiger partial charge < -0.3 is 5.73 Å². The maximum absolute atomic E-state index is 11.1. The SMILES string of the molecule is CSC(=Nc1ccccc1C(N)=O)NC#N. The van der Waals surface area contributed by atoms with Crippen LogP contribution < -0.4 is 11.1 Å². The summed E-state index contributed by atoms with van der Waals surface area (Å²) in [6.45, 7) is 0. The molecule has 0 aromatic heterocycles. The first-order valence-corrected chi connectivity index (χ1v) is 5.58. The summed E-state index contributed by atoms with van der Waals surface area (Å²) < 4.78 is 0. The molecular weight excluding hydrogens is 224 g/mol. The third kappa shape index (κ3) is 3.00. The highest BCUT2D eigenvalue weighted by atomic mass is 32.2. The third-order valence-electron chi connectivity index (χ3n) is 1.75. The van der Waals surface area contributed by atoms with Crippen molar-refractivity contribution in [1.29, 1.82) is 5.26 Å². The Balaban J connectivity index is 3.13. The van der Waals surface area contributed by atoms with Crippen molar-refractivity contribution in [3.8, 4) is 6.19 Å². The number of para-hydroxylation sites is 1. The van der Waals surface area contributed by atoms with E-state index in [1.165, 1.54) is 11.8 Å². The van der Waals surface area contributed by atoms with Crippen molar-refractivity contribution in [2.75, 3.05) is 6.26 Å².